The van der Waals surface area contributed by atoms with Gasteiger partial charge in [-0.1, -0.05) is 13.3 Å². The van der Waals surface area contributed by atoms with Crippen molar-refractivity contribution in [3.05, 3.63) is 11.6 Å². The Morgan fingerprint density at radius 1 is 1.15 bits per heavy atom. The normalized spacial score (nSPS) is 24.6. The van der Waals surface area contributed by atoms with Crippen LogP contribution in [-0.4, -0.2) is 69.5 Å². The summed E-state index contributed by atoms with van der Waals surface area (Å²) in [6, 6.07) is 0.263. The summed E-state index contributed by atoms with van der Waals surface area (Å²) in [7, 11) is 0. The molecule has 0 aromatic carbocycles. The summed E-state index contributed by atoms with van der Waals surface area (Å²) >= 11 is 0. The molecule has 0 radical (unpaired) electrons. The van der Waals surface area contributed by atoms with Gasteiger partial charge in [0.25, 0.3) is 0 Å². The van der Waals surface area contributed by atoms with Crippen LogP contribution in [0.5, 0.6) is 0 Å². The van der Waals surface area contributed by atoms with Gasteiger partial charge in [0.2, 0.25) is 0 Å². The molecule has 0 spiro atoms. The first kappa shape index (κ1) is 18.7. The Balaban J connectivity index is 1.32. The van der Waals surface area contributed by atoms with Gasteiger partial charge < -0.3 is 18.9 Å². The fourth-order valence-corrected chi connectivity index (χ4v) is 4.26. The minimum atomic E-state index is -0.149. The molecule has 1 amide bonds. The zero-order valence-electron chi connectivity index (χ0n) is 16.3. The van der Waals surface area contributed by atoms with Crippen LogP contribution >= 0.6 is 0 Å². The summed E-state index contributed by atoms with van der Waals surface area (Å²) < 4.78 is 13.3. The van der Waals surface area contributed by atoms with Gasteiger partial charge in [0, 0.05) is 25.7 Å². The van der Waals surface area contributed by atoms with Crippen molar-refractivity contribution in [1.82, 2.24) is 24.6 Å². The second-order valence-corrected chi connectivity index (χ2v) is 8.10. The van der Waals surface area contributed by atoms with Crippen molar-refractivity contribution in [3.8, 4) is 0 Å². The Labute approximate surface area is 160 Å². The molecule has 8 nitrogen and oxygen atoms in total. The number of likely N-dealkylation sites (tertiary alicyclic amines) is 2. The van der Waals surface area contributed by atoms with Crippen LogP contribution in [0.15, 0.2) is 0 Å². The summed E-state index contributed by atoms with van der Waals surface area (Å²) in [6.07, 6.45) is 5.43. The van der Waals surface area contributed by atoms with E-state index in [-0.39, 0.29) is 12.1 Å². The van der Waals surface area contributed by atoms with Gasteiger partial charge in [-0.25, -0.2) is 4.79 Å². The van der Waals surface area contributed by atoms with E-state index in [4.69, 9.17) is 9.47 Å². The van der Waals surface area contributed by atoms with Gasteiger partial charge in [-0.05, 0) is 38.1 Å². The number of hydrogen-bond acceptors (Lipinski definition) is 6. The van der Waals surface area contributed by atoms with Gasteiger partial charge in [0.1, 0.15) is 19.0 Å². The van der Waals surface area contributed by atoms with E-state index in [9.17, 15) is 4.79 Å². The van der Waals surface area contributed by atoms with Gasteiger partial charge in [0.05, 0.1) is 13.2 Å². The third-order valence-electron chi connectivity index (χ3n) is 6.13. The molecule has 0 N–H and O–H groups in total. The van der Waals surface area contributed by atoms with Gasteiger partial charge in [-0.2, -0.15) is 0 Å². The maximum atomic E-state index is 12.4. The van der Waals surface area contributed by atoms with Crippen molar-refractivity contribution in [1.29, 1.82) is 0 Å². The summed E-state index contributed by atoms with van der Waals surface area (Å²) in [6.45, 7) is 8.21. The Bertz CT molecular complexity index is 641. The Kier molecular flexibility index (Phi) is 5.92. The minimum absolute atomic E-state index is 0.149. The van der Waals surface area contributed by atoms with E-state index in [2.05, 4.69) is 26.6 Å². The van der Waals surface area contributed by atoms with Crippen molar-refractivity contribution >= 4 is 6.09 Å². The van der Waals surface area contributed by atoms with Crippen LogP contribution in [0.4, 0.5) is 4.79 Å². The molecule has 4 heterocycles. The highest BCUT2D eigenvalue weighted by atomic mass is 16.6. The van der Waals surface area contributed by atoms with Crippen molar-refractivity contribution < 1.29 is 14.3 Å². The molecule has 2 saturated heterocycles. The van der Waals surface area contributed by atoms with Crippen LogP contribution in [0.2, 0.25) is 0 Å². The lowest BCUT2D eigenvalue weighted by Gasteiger charge is -2.36. The Morgan fingerprint density at radius 2 is 2.00 bits per heavy atom. The summed E-state index contributed by atoms with van der Waals surface area (Å²) in [5.74, 6) is 2.62. The van der Waals surface area contributed by atoms with Gasteiger partial charge in [0.15, 0.2) is 5.82 Å². The first-order valence-corrected chi connectivity index (χ1v) is 10.3. The van der Waals surface area contributed by atoms with E-state index < -0.39 is 0 Å². The van der Waals surface area contributed by atoms with Crippen LogP contribution in [0, 0.1) is 5.92 Å². The summed E-state index contributed by atoms with van der Waals surface area (Å²) in [5.41, 5.74) is 0. The highest BCUT2D eigenvalue weighted by Gasteiger charge is 2.28. The van der Waals surface area contributed by atoms with E-state index in [1.165, 1.54) is 12.8 Å². The number of carbonyl (C=O) groups excluding carboxylic acids is 1. The fraction of sp³-hybridized carbons (Fsp3) is 0.842. The number of rotatable bonds is 4. The standard InChI is InChI=1S/C19H31N5O3/c1-15-5-8-22(9-6-15)19(25)27-13-16-4-2-3-7-23(16)12-17-20-21-18-14-26-11-10-24(17)18/h15-16H,2-14H2,1H3. The van der Waals surface area contributed by atoms with E-state index >= 15 is 0 Å². The molecule has 150 valence electrons. The van der Waals surface area contributed by atoms with Crippen LogP contribution in [-0.2, 0) is 29.2 Å². The SMILES string of the molecule is CC1CCN(C(=O)OCC2CCCCN2Cc2nnc3n2CCOC3)CC1. The van der Waals surface area contributed by atoms with Crippen LogP contribution in [0.1, 0.15) is 50.7 Å². The molecule has 8 heteroatoms. The second-order valence-electron chi connectivity index (χ2n) is 8.10. The number of piperidine rings is 2. The predicted molar refractivity (Wildman–Crippen MR) is 99.0 cm³/mol. The van der Waals surface area contributed by atoms with Gasteiger partial charge in [-0.15, -0.1) is 10.2 Å². The third-order valence-corrected chi connectivity index (χ3v) is 6.13. The fourth-order valence-electron chi connectivity index (χ4n) is 4.26. The zero-order valence-corrected chi connectivity index (χ0v) is 16.3. The quantitative estimate of drug-likeness (QED) is 0.799. The van der Waals surface area contributed by atoms with Crippen molar-refractivity contribution in [2.45, 2.75) is 64.8 Å². The molecule has 0 bridgehead atoms. The molecule has 2 fully saturated rings. The number of fused-ring (bicyclic) bond motifs is 1. The first-order valence-electron chi connectivity index (χ1n) is 10.3. The molecule has 0 aliphatic carbocycles. The lowest BCUT2D eigenvalue weighted by molar-refractivity contribution is 0.0386. The maximum absolute atomic E-state index is 12.4. The van der Waals surface area contributed by atoms with E-state index in [1.807, 2.05) is 4.90 Å². The predicted octanol–water partition coefficient (Wildman–Crippen LogP) is 2.03. The molecular formula is C19H31N5O3. The number of carbonyl (C=O) groups is 1. The lowest BCUT2D eigenvalue weighted by Crippen LogP contribution is -2.45. The molecule has 4 rings (SSSR count). The molecule has 3 aliphatic heterocycles. The number of nitrogens with zero attached hydrogens (tertiary/aromatic N) is 5. The minimum Gasteiger partial charge on any atom is -0.448 e. The van der Waals surface area contributed by atoms with E-state index in [0.717, 1.165) is 63.6 Å². The third kappa shape index (κ3) is 4.43. The molecule has 3 aliphatic rings. The number of amides is 1. The number of ether oxygens (including phenoxy) is 2. The highest BCUT2D eigenvalue weighted by Crippen LogP contribution is 2.22. The second kappa shape index (κ2) is 8.56. The molecule has 1 aromatic rings. The zero-order chi connectivity index (χ0) is 18.6. The number of hydrogen-bond donors (Lipinski definition) is 0. The summed E-state index contributed by atoms with van der Waals surface area (Å²) in [4.78, 5) is 16.7. The molecule has 1 unspecified atom stereocenters. The van der Waals surface area contributed by atoms with Crippen LogP contribution in [0.25, 0.3) is 0 Å². The first-order chi connectivity index (χ1) is 13.2. The molecule has 1 aromatic heterocycles. The molecular weight excluding hydrogens is 346 g/mol. The highest BCUT2D eigenvalue weighted by molar-refractivity contribution is 5.67. The van der Waals surface area contributed by atoms with E-state index in [0.29, 0.717) is 25.7 Å². The largest absolute Gasteiger partial charge is 0.448 e. The summed E-state index contributed by atoms with van der Waals surface area (Å²) in [5, 5.41) is 8.64. The lowest BCUT2D eigenvalue weighted by atomic mass is 10.00. The maximum Gasteiger partial charge on any atom is 0.409 e. The van der Waals surface area contributed by atoms with Crippen molar-refractivity contribution in [3.63, 3.8) is 0 Å². The average Bonchev–Trinajstić information content (AvgIpc) is 3.11. The Hall–Kier alpha value is -1.67. The van der Waals surface area contributed by atoms with Crippen LogP contribution < -0.4 is 0 Å². The Morgan fingerprint density at radius 3 is 2.85 bits per heavy atom. The number of aromatic nitrogens is 3. The van der Waals surface area contributed by atoms with E-state index in [1.54, 1.807) is 0 Å². The topological polar surface area (TPSA) is 72.7 Å². The monoisotopic (exact) mass is 377 g/mol. The molecule has 1 atom stereocenters. The molecule has 0 saturated carbocycles. The smallest absolute Gasteiger partial charge is 0.409 e. The average molecular weight is 377 g/mol. The van der Waals surface area contributed by atoms with Crippen molar-refractivity contribution in [2.24, 2.45) is 5.92 Å². The molecule has 27 heavy (non-hydrogen) atoms. The van der Waals surface area contributed by atoms with Crippen LogP contribution in [0.3, 0.4) is 0 Å². The van der Waals surface area contributed by atoms with Gasteiger partial charge >= 0.3 is 6.09 Å². The van der Waals surface area contributed by atoms with Gasteiger partial charge in [-0.3, -0.25) is 4.90 Å². The van der Waals surface area contributed by atoms with Crippen molar-refractivity contribution in [2.75, 3.05) is 32.8 Å².